The van der Waals surface area contributed by atoms with E-state index in [0.717, 1.165) is 23.1 Å². The first kappa shape index (κ1) is 17.2. The predicted octanol–water partition coefficient (Wildman–Crippen LogP) is 4.77. The standard InChI is InChI=1S/C19H15BrIN2OS/c20-15-5-1-14(2-6-15)18(24)11-22-9-10-23-17(12-25-19(22)23)13-3-7-16(21)8-4-13/h1-8,12H,9-11H2/q+1. The highest BCUT2D eigenvalue weighted by Crippen LogP contribution is 2.29. The summed E-state index contributed by atoms with van der Waals surface area (Å²) in [5.74, 6) is 0.158. The van der Waals surface area contributed by atoms with Crippen LogP contribution in [0.25, 0.3) is 11.3 Å². The van der Waals surface area contributed by atoms with Crippen LogP contribution in [0.4, 0.5) is 5.13 Å². The van der Waals surface area contributed by atoms with Crippen LogP contribution in [-0.2, 0) is 6.54 Å². The van der Waals surface area contributed by atoms with Gasteiger partial charge < -0.3 is 0 Å². The second-order valence-corrected chi connectivity index (χ2v) is 8.91. The van der Waals surface area contributed by atoms with Gasteiger partial charge in [-0.25, -0.2) is 9.47 Å². The second kappa shape index (κ2) is 7.17. The van der Waals surface area contributed by atoms with Crippen LogP contribution in [0.2, 0.25) is 0 Å². The van der Waals surface area contributed by atoms with Gasteiger partial charge >= 0.3 is 5.13 Å². The lowest BCUT2D eigenvalue weighted by molar-refractivity contribution is -0.656. The third-order valence-corrected chi connectivity index (χ3v) is 6.58. The Hall–Kier alpha value is -1.25. The Balaban J connectivity index is 1.55. The molecule has 3 nitrogen and oxygen atoms in total. The van der Waals surface area contributed by atoms with Crippen LogP contribution < -0.4 is 9.47 Å². The van der Waals surface area contributed by atoms with Crippen molar-refractivity contribution in [2.24, 2.45) is 0 Å². The quantitative estimate of drug-likeness (QED) is 0.278. The zero-order chi connectivity index (χ0) is 17.4. The number of nitrogens with zero attached hydrogens (tertiary/aromatic N) is 2. The Morgan fingerprint density at radius 1 is 1.16 bits per heavy atom. The summed E-state index contributed by atoms with van der Waals surface area (Å²) >= 11 is 7.44. The van der Waals surface area contributed by atoms with Gasteiger partial charge in [-0.3, -0.25) is 4.79 Å². The molecule has 4 rings (SSSR count). The van der Waals surface area contributed by atoms with Crippen molar-refractivity contribution in [1.82, 2.24) is 0 Å². The number of fused-ring (bicyclic) bond motifs is 1. The fraction of sp³-hybridized carbons (Fsp3) is 0.158. The SMILES string of the molecule is O=C(CN1CC[n+]2c(-c3ccc(I)cc3)csc21)c1ccc(Br)cc1. The van der Waals surface area contributed by atoms with Gasteiger partial charge in [-0.05, 0) is 59.0 Å². The van der Waals surface area contributed by atoms with E-state index in [-0.39, 0.29) is 5.78 Å². The molecule has 1 aliphatic rings. The first-order valence-electron chi connectivity index (χ1n) is 7.93. The van der Waals surface area contributed by atoms with Crippen molar-refractivity contribution < 1.29 is 9.36 Å². The molecule has 3 aromatic rings. The van der Waals surface area contributed by atoms with Gasteiger partial charge in [0.15, 0.2) is 0 Å². The van der Waals surface area contributed by atoms with E-state index in [9.17, 15) is 4.79 Å². The summed E-state index contributed by atoms with van der Waals surface area (Å²) < 4.78 is 4.55. The lowest BCUT2D eigenvalue weighted by atomic mass is 10.1. The number of rotatable bonds is 4. The fourth-order valence-electron chi connectivity index (χ4n) is 3.01. The average Bonchev–Trinajstić information content (AvgIpc) is 3.19. The maximum absolute atomic E-state index is 12.6. The Bertz CT molecular complexity index is 922. The predicted molar refractivity (Wildman–Crippen MR) is 113 cm³/mol. The minimum absolute atomic E-state index is 0.158. The van der Waals surface area contributed by atoms with Crippen LogP contribution >= 0.6 is 49.9 Å². The van der Waals surface area contributed by atoms with E-state index in [1.165, 1.54) is 20.0 Å². The summed E-state index contributed by atoms with van der Waals surface area (Å²) in [4.78, 5) is 14.8. The van der Waals surface area contributed by atoms with Gasteiger partial charge in [-0.2, -0.15) is 0 Å². The number of Topliss-reactive ketones (excluding diaryl/α,β-unsaturated/α-hetero) is 1. The van der Waals surface area contributed by atoms with Crippen LogP contribution in [0.5, 0.6) is 0 Å². The molecular weight excluding hydrogens is 511 g/mol. The van der Waals surface area contributed by atoms with Crippen LogP contribution in [0, 0.1) is 3.57 Å². The maximum atomic E-state index is 12.6. The van der Waals surface area contributed by atoms with Crippen LogP contribution in [0.1, 0.15) is 10.4 Å². The molecule has 2 aromatic carbocycles. The van der Waals surface area contributed by atoms with Gasteiger partial charge in [0.25, 0.3) is 0 Å². The van der Waals surface area contributed by atoms with Gasteiger partial charge in [-0.15, -0.1) is 0 Å². The van der Waals surface area contributed by atoms with Crippen LogP contribution in [0.3, 0.4) is 0 Å². The highest BCUT2D eigenvalue weighted by Gasteiger charge is 2.33. The molecule has 0 N–H and O–H groups in total. The van der Waals surface area contributed by atoms with Gasteiger partial charge in [0, 0.05) is 24.5 Å². The maximum Gasteiger partial charge on any atom is 0.337 e. The second-order valence-electron chi connectivity index (χ2n) is 5.91. The lowest BCUT2D eigenvalue weighted by Crippen LogP contribution is -2.31. The Morgan fingerprint density at radius 3 is 2.60 bits per heavy atom. The topological polar surface area (TPSA) is 24.2 Å². The summed E-state index contributed by atoms with van der Waals surface area (Å²) in [5.41, 5.74) is 3.22. The fourth-order valence-corrected chi connectivity index (χ4v) is 4.73. The normalized spacial score (nSPS) is 13.1. The summed E-state index contributed by atoms with van der Waals surface area (Å²) in [6.07, 6.45) is 0. The van der Waals surface area contributed by atoms with E-state index in [1.807, 2.05) is 24.3 Å². The highest BCUT2D eigenvalue weighted by molar-refractivity contribution is 14.1. The van der Waals surface area contributed by atoms with E-state index >= 15 is 0 Å². The smallest absolute Gasteiger partial charge is 0.290 e. The summed E-state index contributed by atoms with van der Waals surface area (Å²) in [6, 6.07) is 16.2. The molecule has 1 aromatic heterocycles. The number of halogens is 2. The van der Waals surface area contributed by atoms with Crippen LogP contribution in [0.15, 0.2) is 58.4 Å². The van der Waals surface area contributed by atoms with Crippen molar-refractivity contribution in [3.05, 3.63) is 67.5 Å². The molecule has 0 atom stereocenters. The zero-order valence-corrected chi connectivity index (χ0v) is 17.8. The molecule has 126 valence electrons. The molecule has 6 heteroatoms. The number of hydrogen-bond acceptors (Lipinski definition) is 3. The molecule has 0 fully saturated rings. The molecule has 0 saturated heterocycles. The number of anilines is 1. The van der Waals surface area contributed by atoms with E-state index in [0.29, 0.717) is 6.54 Å². The summed E-state index contributed by atoms with van der Waals surface area (Å²) in [5, 5.41) is 3.35. The monoisotopic (exact) mass is 525 g/mol. The largest absolute Gasteiger partial charge is 0.337 e. The first-order chi connectivity index (χ1) is 12.1. The van der Waals surface area contributed by atoms with Crippen molar-refractivity contribution in [2.75, 3.05) is 18.0 Å². The van der Waals surface area contributed by atoms with Gasteiger partial charge in [0.1, 0.15) is 25.3 Å². The molecule has 0 spiro atoms. The Labute approximate surface area is 172 Å². The van der Waals surface area contributed by atoms with Crippen molar-refractivity contribution >= 4 is 60.8 Å². The van der Waals surface area contributed by atoms with E-state index < -0.39 is 0 Å². The molecule has 2 heterocycles. The van der Waals surface area contributed by atoms with Crippen molar-refractivity contribution in [3.8, 4) is 11.3 Å². The molecule has 1 aliphatic heterocycles. The number of carbonyl (C=O) groups is 1. The van der Waals surface area contributed by atoms with E-state index in [1.54, 1.807) is 11.3 Å². The summed E-state index contributed by atoms with van der Waals surface area (Å²) in [6.45, 7) is 2.23. The molecule has 0 saturated carbocycles. The number of aromatic nitrogens is 1. The van der Waals surface area contributed by atoms with Gasteiger partial charge in [0.05, 0.1) is 0 Å². The van der Waals surface area contributed by atoms with E-state index in [4.69, 9.17) is 0 Å². The van der Waals surface area contributed by atoms with Crippen molar-refractivity contribution in [2.45, 2.75) is 6.54 Å². The number of carbonyl (C=O) groups excluding carboxylic acids is 1. The lowest BCUT2D eigenvalue weighted by Gasteiger charge is -2.07. The molecule has 25 heavy (non-hydrogen) atoms. The number of thiazole rings is 1. The number of benzene rings is 2. The van der Waals surface area contributed by atoms with Crippen molar-refractivity contribution in [3.63, 3.8) is 0 Å². The number of hydrogen-bond donors (Lipinski definition) is 0. The number of ketones is 1. The molecule has 0 unspecified atom stereocenters. The van der Waals surface area contributed by atoms with Crippen LogP contribution in [-0.4, -0.2) is 18.9 Å². The average molecular weight is 526 g/mol. The molecule has 0 aliphatic carbocycles. The van der Waals surface area contributed by atoms with Gasteiger partial charge in [-0.1, -0.05) is 39.4 Å². The molecule has 0 bridgehead atoms. The van der Waals surface area contributed by atoms with Gasteiger partial charge in [0.2, 0.25) is 5.78 Å². The van der Waals surface area contributed by atoms with Crippen molar-refractivity contribution in [1.29, 1.82) is 0 Å². The molecular formula is C19H15BrIN2OS+. The Morgan fingerprint density at radius 2 is 1.88 bits per heavy atom. The molecule has 0 radical (unpaired) electrons. The summed E-state index contributed by atoms with van der Waals surface area (Å²) in [7, 11) is 0. The third kappa shape index (κ3) is 3.52. The minimum Gasteiger partial charge on any atom is -0.290 e. The highest BCUT2D eigenvalue weighted by atomic mass is 127. The zero-order valence-electron chi connectivity index (χ0n) is 13.3. The van der Waals surface area contributed by atoms with E-state index in [2.05, 4.69) is 77.6 Å². The Kier molecular flexibility index (Phi) is 4.92. The molecule has 0 amide bonds. The third-order valence-electron chi connectivity index (χ3n) is 4.30. The first-order valence-corrected chi connectivity index (χ1v) is 10.7. The minimum atomic E-state index is 0.158.